The molecule has 1 saturated carbocycles. The van der Waals surface area contributed by atoms with Crippen LogP contribution < -0.4 is 0 Å². The van der Waals surface area contributed by atoms with Crippen molar-refractivity contribution in [2.45, 2.75) is 45.4 Å². The van der Waals surface area contributed by atoms with Gasteiger partial charge >= 0.3 is 11.9 Å². The molecule has 0 saturated heterocycles. The first-order valence-electron chi connectivity index (χ1n) is 8.41. The SMILES string of the molecule is CCOC(=O)CC1(CCC(C=O)Cc2ccc(C(=O)O)cc2)CC1. The summed E-state index contributed by atoms with van der Waals surface area (Å²) >= 11 is 0. The zero-order chi connectivity index (χ0) is 17.6. The van der Waals surface area contributed by atoms with Crippen molar-refractivity contribution in [1.29, 1.82) is 0 Å². The Morgan fingerprint density at radius 2 is 1.96 bits per heavy atom. The van der Waals surface area contributed by atoms with Gasteiger partial charge in [0.2, 0.25) is 0 Å². The van der Waals surface area contributed by atoms with E-state index in [-0.39, 0.29) is 22.9 Å². The molecule has 1 unspecified atom stereocenters. The topological polar surface area (TPSA) is 80.7 Å². The molecule has 5 heteroatoms. The van der Waals surface area contributed by atoms with Crippen molar-refractivity contribution < 1.29 is 24.2 Å². The van der Waals surface area contributed by atoms with E-state index in [1.807, 2.05) is 0 Å². The highest BCUT2D eigenvalue weighted by atomic mass is 16.5. The molecule has 0 radical (unpaired) electrons. The first kappa shape index (κ1) is 18.2. The summed E-state index contributed by atoms with van der Waals surface area (Å²) in [6.45, 7) is 2.20. The van der Waals surface area contributed by atoms with Gasteiger partial charge in [0.05, 0.1) is 18.6 Å². The summed E-state index contributed by atoms with van der Waals surface area (Å²) in [7, 11) is 0. The molecule has 1 atom stereocenters. The van der Waals surface area contributed by atoms with Gasteiger partial charge in [-0.15, -0.1) is 0 Å². The van der Waals surface area contributed by atoms with Crippen LogP contribution >= 0.6 is 0 Å². The van der Waals surface area contributed by atoms with Crippen LogP contribution in [-0.2, 0) is 20.7 Å². The highest BCUT2D eigenvalue weighted by Gasteiger charge is 2.44. The van der Waals surface area contributed by atoms with E-state index >= 15 is 0 Å². The summed E-state index contributed by atoms with van der Waals surface area (Å²) in [5.74, 6) is -1.22. The Labute approximate surface area is 142 Å². The van der Waals surface area contributed by atoms with Crippen LogP contribution in [0.3, 0.4) is 0 Å². The van der Waals surface area contributed by atoms with Crippen LogP contribution in [0.25, 0.3) is 0 Å². The number of aldehydes is 1. The van der Waals surface area contributed by atoms with Crippen molar-refractivity contribution in [3.63, 3.8) is 0 Å². The highest BCUT2D eigenvalue weighted by Crippen LogP contribution is 2.53. The number of carboxylic acid groups (broad SMARTS) is 1. The second-order valence-corrected chi connectivity index (χ2v) is 6.62. The van der Waals surface area contributed by atoms with Gasteiger partial charge in [0, 0.05) is 5.92 Å². The van der Waals surface area contributed by atoms with Crippen LogP contribution in [0.1, 0.15) is 54.9 Å². The summed E-state index contributed by atoms with van der Waals surface area (Å²) in [5, 5.41) is 8.90. The molecule has 0 bridgehead atoms. The lowest BCUT2D eigenvalue weighted by molar-refractivity contribution is -0.144. The average Bonchev–Trinajstić information content (AvgIpc) is 3.31. The molecule has 1 fully saturated rings. The van der Waals surface area contributed by atoms with E-state index in [0.717, 1.165) is 37.5 Å². The molecule has 1 aliphatic carbocycles. The molecular formula is C19H24O5. The molecule has 1 aromatic carbocycles. The monoisotopic (exact) mass is 332 g/mol. The number of esters is 1. The lowest BCUT2D eigenvalue weighted by Gasteiger charge is -2.17. The Hall–Kier alpha value is -2.17. The van der Waals surface area contributed by atoms with Crippen molar-refractivity contribution >= 4 is 18.2 Å². The Kier molecular flexibility index (Phi) is 6.12. The third-order valence-electron chi connectivity index (χ3n) is 4.72. The molecule has 5 nitrogen and oxygen atoms in total. The lowest BCUT2D eigenvalue weighted by atomic mass is 9.88. The number of rotatable bonds is 10. The van der Waals surface area contributed by atoms with Crippen molar-refractivity contribution in [1.82, 2.24) is 0 Å². The van der Waals surface area contributed by atoms with Crippen molar-refractivity contribution in [2.24, 2.45) is 11.3 Å². The fourth-order valence-electron chi connectivity index (χ4n) is 3.01. The van der Waals surface area contributed by atoms with E-state index in [2.05, 4.69) is 0 Å². The number of benzene rings is 1. The Morgan fingerprint density at radius 3 is 2.46 bits per heavy atom. The lowest BCUT2D eigenvalue weighted by Crippen LogP contribution is -2.15. The predicted molar refractivity (Wildman–Crippen MR) is 88.8 cm³/mol. The summed E-state index contributed by atoms with van der Waals surface area (Å²) in [6.07, 6.45) is 5.63. The van der Waals surface area contributed by atoms with Gasteiger partial charge in [-0.2, -0.15) is 0 Å². The van der Waals surface area contributed by atoms with Crippen molar-refractivity contribution in [3.8, 4) is 0 Å². The summed E-state index contributed by atoms with van der Waals surface area (Å²) < 4.78 is 5.02. The number of carboxylic acids is 1. The van der Waals surface area contributed by atoms with Crippen LogP contribution in [0, 0.1) is 11.3 Å². The van der Waals surface area contributed by atoms with Gasteiger partial charge in [-0.05, 0) is 62.1 Å². The Balaban J connectivity index is 1.85. The minimum atomic E-state index is -0.955. The maximum Gasteiger partial charge on any atom is 0.335 e. The van der Waals surface area contributed by atoms with Gasteiger partial charge in [-0.3, -0.25) is 4.79 Å². The van der Waals surface area contributed by atoms with E-state index in [0.29, 0.717) is 19.4 Å². The minimum Gasteiger partial charge on any atom is -0.478 e. The molecule has 0 amide bonds. The zero-order valence-corrected chi connectivity index (χ0v) is 14.0. The minimum absolute atomic E-state index is 0.0285. The van der Waals surface area contributed by atoms with Gasteiger partial charge in [0.25, 0.3) is 0 Å². The third-order valence-corrected chi connectivity index (χ3v) is 4.72. The molecule has 24 heavy (non-hydrogen) atoms. The number of carbonyl (C=O) groups is 3. The molecule has 2 rings (SSSR count). The maximum absolute atomic E-state index is 11.7. The second-order valence-electron chi connectivity index (χ2n) is 6.62. The quantitative estimate of drug-likeness (QED) is 0.525. The predicted octanol–water partition coefficient (Wildman–Crippen LogP) is 3.26. The van der Waals surface area contributed by atoms with Crippen molar-refractivity contribution in [2.75, 3.05) is 6.61 Å². The van der Waals surface area contributed by atoms with Crippen LogP contribution in [0.4, 0.5) is 0 Å². The number of carbonyl (C=O) groups excluding carboxylic acids is 2. The van der Waals surface area contributed by atoms with Crippen LogP contribution in [0.15, 0.2) is 24.3 Å². The standard InChI is InChI=1S/C19H24O5/c1-2-24-17(21)12-19(9-10-19)8-7-15(13-20)11-14-3-5-16(6-4-14)18(22)23/h3-6,13,15H,2,7-12H2,1H3,(H,22,23). The molecule has 1 aliphatic rings. The van der Waals surface area contributed by atoms with E-state index < -0.39 is 5.97 Å². The van der Waals surface area contributed by atoms with Gasteiger partial charge in [-0.1, -0.05) is 12.1 Å². The van der Waals surface area contributed by atoms with E-state index in [4.69, 9.17) is 9.84 Å². The fourth-order valence-corrected chi connectivity index (χ4v) is 3.01. The van der Waals surface area contributed by atoms with Gasteiger partial charge in [0.1, 0.15) is 6.29 Å². The summed E-state index contributed by atoms with van der Waals surface area (Å²) in [5.41, 5.74) is 1.22. The number of hydrogen-bond donors (Lipinski definition) is 1. The Morgan fingerprint density at radius 1 is 1.29 bits per heavy atom. The molecule has 0 aromatic heterocycles. The zero-order valence-electron chi connectivity index (χ0n) is 14.0. The molecule has 1 aromatic rings. The molecule has 0 aliphatic heterocycles. The third kappa shape index (κ3) is 5.18. The average molecular weight is 332 g/mol. The second kappa shape index (κ2) is 8.08. The number of ether oxygens (including phenoxy) is 1. The summed E-state index contributed by atoms with van der Waals surface area (Å²) in [4.78, 5) is 33.9. The molecule has 0 heterocycles. The number of aromatic carboxylic acids is 1. The first-order valence-corrected chi connectivity index (χ1v) is 8.41. The fraction of sp³-hybridized carbons (Fsp3) is 0.526. The summed E-state index contributed by atoms with van der Waals surface area (Å²) in [6, 6.07) is 6.63. The first-order chi connectivity index (χ1) is 11.5. The molecule has 130 valence electrons. The molecule has 1 N–H and O–H groups in total. The maximum atomic E-state index is 11.7. The van der Waals surface area contributed by atoms with Crippen molar-refractivity contribution in [3.05, 3.63) is 35.4 Å². The largest absolute Gasteiger partial charge is 0.478 e. The van der Waals surface area contributed by atoms with E-state index in [1.165, 1.54) is 0 Å². The van der Waals surface area contributed by atoms with Gasteiger partial charge < -0.3 is 14.6 Å². The normalized spacial score (nSPS) is 16.2. The van der Waals surface area contributed by atoms with Crippen LogP contribution in [0.5, 0.6) is 0 Å². The smallest absolute Gasteiger partial charge is 0.335 e. The van der Waals surface area contributed by atoms with Crippen LogP contribution in [0.2, 0.25) is 0 Å². The number of hydrogen-bond acceptors (Lipinski definition) is 4. The van der Waals surface area contributed by atoms with Gasteiger partial charge in [-0.25, -0.2) is 4.79 Å². The van der Waals surface area contributed by atoms with Gasteiger partial charge in [0.15, 0.2) is 0 Å². The highest BCUT2D eigenvalue weighted by molar-refractivity contribution is 5.87. The molecular weight excluding hydrogens is 308 g/mol. The molecule has 0 spiro atoms. The van der Waals surface area contributed by atoms with E-state index in [1.54, 1.807) is 31.2 Å². The van der Waals surface area contributed by atoms with Crippen LogP contribution in [-0.4, -0.2) is 29.9 Å². The van der Waals surface area contributed by atoms with E-state index in [9.17, 15) is 14.4 Å². The Bertz CT molecular complexity index is 586.